The normalized spacial score (nSPS) is 11.9. The summed E-state index contributed by atoms with van der Waals surface area (Å²) in [7, 11) is 4.01. The predicted molar refractivity (Wildman–Crippen MR) is 81.5 cm³/mol. The number of hydrogen-bond donors (Lipinski definition) is 0. The smallest absolute Gasteiger partial charge is 0.157 e. The van der Waals surface area contributed by atoms with Crippen molar-refractivity contribution in [3.8, 4) is 0 Å². The van der Waals surface area contributed by atoms with Gasteiger partial charge in [-0.15, -0.1) is 0 Å². The lowest BCUT2D eigenvalue weighted by Gasteiger charge is -2.37. The highest BCUT2D eigenvalue weighted by Gasteiger charge is 2.36. The van der Waals surface area contributed by atoms with Crippen LogP contribution in [0.5, 0.6) is 0 Å². The molecule has 0 aliphatic carbocycles. The van der Waals surface area contributed by atoms with Gasteiger partial charge in [0.05, 0.1) is 5.54 Å². The number of nitrogens with zero attached hydrogens (tertiary/aromatic N) is 1. The molecule has 0 aliphatic rings. The molecule has 2 heteroatoms. The minimum absolute atomic E-state index is 0.316. The Kier molecular flexibility index (Phi) is 5.74. The summed E-state index contributed by atoms with van der Waals surface area (Å²) < 4.78 is 0. The molecule has 0 fully saturated rings. The number of benzene rings is 1. The van der Waals surface area contributed by atoms with E-state index in [1.807, 2.05) is 14.1 Å². The van der Waals surface area contributed by atoms with Gasteiger partial charge in [-0.25, -0.2) is 0 Å². The van der Waals surface area contributed by atoms with Gasteiger partial charge in [0, 0.05) is 6.42 Å². The molecule has 0 aliphatic heterocycles. The largest absolute Gasteiger partial charge is 0.297 e. The zero-order valence-electron chi connectivity index (χ0n) is 13.0. The van der Waals surface area contributed by atoms with Crippen LogP contribution in [0.3, 0.4) is 0 Å². The van der Waals surface area contributed by atoms with Crippen molar-refractivity contribution in [2.24, 2.45) is 0 Å². The van der Waals surface area contributed by atoms with E-state index < -0.39 is 0 Å². The lowest BCUT2D eigenvalue weighted by molar-refractivity contribution is -0.129. The van der Waals surface area contributed by atoms with E-state index in [4.69, 9.17) is 0 Å². The van der Waals surface area contributed by atoms with Gasteiger partial charge < -0.3 is 0 Å². The van der Waals surface area contributed by atoms with Crippen LogP contribution < -0.4 is 0 Å². The lowest BCUT2D eigenvalue weighted by Crippen LogP contribution is -2.50. The maximum absolute atomic E-state index is 12.7. The summed E-state index contributed by atoms with van der Waals surface area (Å²) in [6, 6.07) is 8.42. The van der Waals surface area contributed by atoms with Gasteiger partial charge in [-0.1, -0.05) is 45.0 Å². The summed E-state index contributed by atoms with van der Waals surface area (Å²) in [4.78, 5) is 14.7. The maximum atomic E-state index is 12.7. The molecule has 106 valence electrons. The monoisotopic (exact) mass is 261 g/mol. The second-order valence-electron chi connectivity index (χ2n) is 5.40. The molecular weight excluding hydrogens is 234 g/mol. The highest BCUT2D eigenvalue weighted by atomic mass is 16.1. The van der Waals surface area contributed by atoms with Gasteiger partial charge in [0.15, 0.2) is 5.78 Å². The second kappa shape index (κ2) is 6.85. The van der Waals surface area contributed by atoms with Gasteiger partial charge in [-0.3, -0.25) is 9.69 Å². The average Bonchev–Trinajstić information content (AvgIpc) is 2.41. The number of rotatable bonds is 7. The fourth-order valence-electron chi connectivity index (χ4n) is 2.77. The van der Waals surface area contributed by atoms with E-state index in [0.29, 0.717) is 12.2 Å². The van der Waals surface area contributed by atoms with Crippen LogP contribution in [0.4, 0.5) is 0 Å². The van der Waals surface area contributed by atoms with Gasteiger partial charge in [-0.2, -0.15) is 0 Å². The standard InChI is InChI=1S/C17H27NO/c1-6-14-9-11-15(12-10-14)13-16(19)17(7-2,8-3)18(4)5/h9-12H,6-8,13H2,1-5H3. The molecular formula is C17H27NO. The Morgan fingerprint density at radius 1 is 1.00 bits per heavy atom. The van der Waals surface area contributed by atoms with Crippen molar-refractivity contribution in [1.29, 1.82) is 0 Å². The minimum atomic E-state index is -0.316. The molecule has 0 heterocycles. The molecule has 0 amide bonds. The van der Waals surface area contributed by atoms with Crippen molar-refractivity contribution < 1.29 is 4.79 Å². The van der Waals surface area contributed by atoms with Crippen molar-refractivity contribution >= 4 is 5.78 Å². The number of carbonyl (C=O) groups is 1. The van der Waals surface area contributed by atoms with Crippen LogP contribution in [0.2, 0.25) is 0 Å². The fourth-order valence-corrected chi connectivity index (χ4v) is 2.77. The molecule has 19 heavy (non-hydrogen) atoms. The van der Waals surface area contributed by atoms with Crippen LogP contribution in [-0.4, -0.2) is 30.3 Å². The van der Waals surface area contributed by atoms with Crippen molar-refractivity contribution in [2.45, 2.75) is 52.0 Å². The Bertz CT molecular complexity index is 402. The van der Waals surface area contributed by atoms with E-state index in [-0.39, 0.29) is 5.54 Å². The quantitative estimate of drug-likeness (QED) is 0.749. The van der Waals surface area contributed by atoms with Gasteiger partial charge in [0.25, 0.3) is 0 Å². The molecule has 0 saturated heterocycles. The molecule has 0 unspecified atom stereocenters. The SMILES string of the molecule is CCc1ccc(CC(=O)C(CC)(CC)N(C)C)cc1. The first-order valence-electron chi connectivity index (χ1n) is 7.28. The predicted octanol–water partition coefficient (Wildman–Crippen LogP) is 3.48. The highest BCUT2D eigenvalue weighted by Crippen LogP contribution is 2.24. The molecule has 0 aromatic heterocycles. The Morgan fingerprint density at radius 3 is 1.84 bits per heavy atom. The third-order valence-corrected chi connectivity index (χ3v) is 4.34. The van der Waals surface area contributed by atoms with Crippen LogP contribution in [0.25, 0.3) is 0 Å². The molecule has 1 aromatic carbocycles. The third kappa shape index (κ3) is 3.44. The van der Waals surface area contributed by atoms with E-state index in [1.54, 1.807) is 0 Å². The Morgan fingerprint density at radius 2 is 1.47 bits per heavy atom. The van der Waals surface area contributed by atoms with Crippen LogP contribution in [0, 0.1) is 0 Å². The number of Topliss-reactive ketones (excluding diaryl/α,β-unsaturated/α-hetero) is 1. The number of carbonyl (C=O) groups excluding carboxylic acids is 1. The molecule has 0 N–H and O–H groups in total. The highest BCUT2D eigenvalue weighted by molar-refractivity contribution is 5.90. The minimum Gasteiger partial charge on any atom is -0.297 e. The molecule has 0 bridgehead atoms. The molecule has 0 atom stereocenters. The van der Waals surface area contributed by atoms with Gasteiger partial charge >= 0.3 is 0 Å². The summed E-state index contributed by atoms with van der Waals surface area (Å²) in [5.74, 6) is 0.326. The topological polar surface area (TPSA) is 20.3 Å². The van der Waals surface area contributed by atoms with Crippen molar-refractivity contribution in [2.75, 3.05) is 14.1 Å². The van der Waals surface area contributed by atoms with Crippen LogP contribution in [0.15, 0.2) is 24.3 Å². The second-order valence-corrected chi connectivity index (χ2v) is 5.40. The summed E-state index contributed by atoms with van der Waals surface area (Å²) in [5, 5.41) is 0. The van der Waals surface area contributed by atoms with E-state index in [1.165, 1.54) is 5.56 Å². The molecule has 0 radical (unpaired) electrons. The van der Waals surface area contributed by atoms with Crippen molar-refractivity contribution in [3.63, 3.8) is 0 Å². The number of likely N-dealkylation sites (N-methyl/N-ethyl adjacent to an activating group) is 1. The van der Waals surface area contributed by atoms with Crippen LogP contribution in [0.1, 0.15) is 44.7 Å². The van der Waals surface area contributed by atoms with Crippen molar-refractivity contribution in [3.05, 3.63) is 35.4 Å². The Hall–Kier alpha value is -1.15. The zero-order valence-corrected chi connectivity index (χ0v) is 13.0. The van der Waals surface area contributed by atoms with Gasteiger partial charge in [0.2, 0.25) is 0 Å². The zero-order chi connectivity index (χ0) is 14.5. The number of aryl methyl sites for hydroxylation is 1. The van der Waals surface area contributed by atoms with E-state index in [9.17, 15) is 4.79 Å². The van der Waals surface area contributed by atoms with E-state index >= 15 is 0 Å². The summed E-state index contributed by atoms with van der Waals surface area (Å²) in [6.45, 7) is 6.34. The first-order chi connectivity index (χ1) is 9.00. The molecule has 1 rings (SSSR count). The lowest BCUT2D eigenvalue weighted by atomic mass is 9.83. The average molecular weight is 261 g/mol. The molecule has 0 saturated carbocycles. The fraction of sp³-hybridized carbons (Fsp3) is 0.588. The van der Waals surface area contributed by atoms with E-state index in [2.05, 4.69) is 49.9 Å². The maximum Gasteiger partial charge on any atom is 0.157 e. The third-order valence-electron chi connectivity index (χ3n) is 4.34. The van der Waals surface area contributed by atoms with Crippen molar-refractivity contribution in [1.82, 2.24) is 4.90 Å². The molecule has 2 nitrogen and oxygen atoms in total. The Balaban J connectivity index is 2.87. The summed E-state index contributed by atoms with van der Waals surface area (Å²) >= 11 is 0. The van der Waals surface area contributed by atoms with E-state index in [0.717, 1.165) is 24.8 Å². The summed E-state index contributed by atoms with van der Waals surface area (Å²) in [6.07, 6.45) is 3.30. The van der Waals surface area contributed by atoms with Gasteiger partial charge in [0.1, 0.15) is 0 Å². The first kappa shape index (κ1) is 15.9. The molecule has 0 spiro atoms. The first-order valence-corrected chi connectivity index (χ1v) is 7.28. The summed E-state index contributed by atoms with van der Waals surface area (Å²) in [5.41, 5.74) is 2.13. The van der Waals surface area contributed by atoms with Crippen LogP contribution >= 0.6 is 0 Å². The Labute approximate surface area is 117 Å². The molecule has 1 aromatic rings. The van der Waals surface area contributed by atoms with Gasteiger partial charge in [-0.05, 0) is 44.5 Å². The van der Waals surface area contributed by atoms with Crippen LogP contribution in [-0.2, 0) is 17.6 Å². The number of hydrogen-bond acceptors (Lipinski definition) is 2. The number of ketones is 1.